The summed E-state index contributed by atoms with van der Waals surface area (Å²) < 4.78 is 2.25. The standard InChI is InChI=1S/C13H22N/c1-3-5-6-7-13-8-11-14(10-4-2)12-9-13/h8-9,11-12H,3-7,10H2,1-2H3/q+1. The zero-order valence-corrected chi connectivity index (χ0v) is 9.50. The molecule has 0 saturated carbocycles. The van der Waals surface area contributed by atoms with Gasteiger partial charge in [-0.3, -0.25) is 0 Å². The molecule has 0 amide bonds. The third-order valence-corrected chi connectivity index (χ3v) is 2.51. The minimum Gasteiger partial charge on any atom is -0.205 e. The van der Waals surface area contributed by atoms with E-state index < -0.39 is 0 Å². The van der Waals surface area contributed by atoms with E-state index in [1.165, 1.54) is 37.7 Å². The maximum Gasteiger partial charge on any atom is 0.169 e. The van der Waals surface area contributed by atoms with E-state index in [0.717, 1.165) is 6.54 Å². The first-order valence-electron chi connectivity index (χ1n) is 5.84. The van der Waals surface area contributed by atoms with Gasteiger partial charge >= 0.3 is 0 Å². The molecule has 0 saturated heterocycles. The van der Waals surface area contributed by atoms with Crippen LogP contribution in [-0.2, 0) is 13.0 Å². The molecular formula is C13H22N+. The smallest absolute Gasteiger partial charge is 0.169 e. The summed E-state index contributed by atoms with van der Waals surface area (Å²) in [5, 5.41) is 0. The minimum atomic E-state index is 1.13. The summed E-state index contributed by atoms with van der Waals surface area (Å²) in [6, 6.07) is 4.51. The van der Waals surface area contributed by atoms with Crippen LogP contribution in [0.15, 0.2) is 24.5 Å². The molecule has 0 aliphatic heterocycles. The van der Waals surface area contributed by atoms with Crippen molar-refractivity contribution in [2.45, 2.75) is 52.5 Å². The number of aromatic nitrogens is 1. The lowest BCUT2D eigenvalue weighted by Crippen LogP contribution is -2.32. The first kappa shape index (κ1) is 11.2. The van der Waals surface area contributed by atoms with Crippen LogP contribution in [0.1, 0.15) is 45.1 Å². The summed E-state index contributed by atoms with van der Waals surface area (Å²) in [5.41, 5.74) is 1.48. The number of pyridine rings is 1. The molecule has 0 fully saturated rings. The van der Waals surface area contributed by atoms with Gasteiger partial charge in [-0.2, -0.15) is 0 Å². The Morgan fingerprint density at radius 1 is 1.00 bits per heavy atom. The van der Waals surface area contributed by atoms with Crippen LogP contribution in [-0.4, -0.2) is 0 Å². The number of nitrogens with zero attached hydrogens (tertiary/aromatic N) is 1. The van der Waals surface area contributed by atoms with Crippen LogP contribution in [0.25, 0.3) is 0 Å². The zero-order chi connectivity index (χ0) is 10.2. The summed E-state index contributed by atoms with van der Waals surface area (Å²) in [6.07, 6.45) is 10.8. The van der Waals surface area contributed by atoms with E-state index in [1.807, 2.05) is 0 Å². The fourth-order valence-electron chi connectivity index (χ4n) is 1.64. The lowest BCUT2D eigenvalue weighted by molar-refractivity contribution is -0.697. The minimum absolute atomic E-state index is 1.13. The van der Waals surface area contributed by atoms with Gasteiger partial charge in [0.1, 0.15) is 6.54 Å². The summed E-state index contributed by atoms with van der Waals surface area (Å²) in [5.74, 6) is 0. The second-order valence-electron chi connectivity index (χ2n) is 3.90. The highest BCUT2D eigenvalue weighted by molar-refractivity contribution is 5.07. The van der Waals surface area contributed by atoms with E-state index in [2.05, 4.69) is 42.9 Å². The van der Waals surface area contributed by atoms with Crippen LogP contribution in [0.3, 0.4) is 0 Å². The molecule has 78 valence electrons. The molecule has 1 aromatic heterocycles. The number of hydrogen-bond acceptors (Lipinski definition) is 0. The predicted octanol–water partition coefficient (Wildman–Crippen LogP) is 3.12. The topological polar surface area (TPSA) is 3.88 Å². The van der Waals surface area contributed by atoms with Gasteiger partial charge in [-0.25, -0.2) is 4.57 Å². The molecule has 1 heteroatoms. The average molecular weight is 192 g/mol. The van der Waals surface area contributed by atoms with E-state index in [4.69, 9.17) is 0 Å². The molecule has 0 radical (unpaired) electrons. The Kier molecular flexibility index (Phi) is 5.28. The Morgan fingerprint density at radius 3 is 2.29 bits per heavy atom. The van der Waals surface area contributed by atoms with Crippen LogP contribution in [0.5, 0.6) is 0 Å². The SMILES string of the molecule is CCCCCc1cc[n+](CCC)cc1. The highest BCUT2D eigenvalue weighted by Gasteiger charge is 1.98. The largest absolute Gasteiger partial charge is 0.205 e. The van der Waals surface area contributed by atoms with E-state index in [1.54, 1.807) is 0 Å². The number of aryl methyl sites for hydroxylation is 2. The summed E-state index contributed by atoms with van der Waals surface area (Å²) in [4.78, 5) is 0. The van der Waals surface area contributed by atoms with Gasteiger partial charge in [0.05, 0.1) is 0 Å². The van der Waals surface area contributed by atoms with Gasteiger partial charge in [0.2, 0.25) is 0 Å². The second-order valence-corrected chi connectivity index (χ2v) is 3.90. The lowest BCUT2D eigenvalue weighted by atomic mass is 10.1. The highest BCUT2D eigenvalue weighted by atomic mass is 14.9. The van der Waals surface area contributed by atoms with Crippen molar-refractivity contribution < 1.29 is 4.57 Å². The van der Waals surface area contributed by atoms with Crippen molar-refractivity contribution >= 4 is 0 Å². The molecule has 0 bridgehead atoms. The van der Waals surface area contributed by atoms with Crippen molar-refractivity contribution in [1.29, 1.82) is 0 Å². The van der Waals surface area contributed by atoms with E-state index >= 15 is 0 Å². The predicted molar refractivity (Wildman–Crippen MR) is 60.2 cm³/mol. The van der Waals surface area contributed by atoms with Crippen LogP contribution in [0, 0.1) is 0 Å². The van der Waals surface area contributed by atoms with Crippen LogP contribution < -0.4 is 4.57 Å². The highest BCUT2D eigenvalue weighted by Crippen LogP contribution is 2.04. The third-order valence-electron chi connectivity index (χ3n) is 2.51. The molecule has 0 aliphatic carbocycles. The van der Waals surface area contributed by atoms with Crippen molar-refractivity contribution in [3.8, 4) is 0 Å². The third kappa shape index (κ3) is 3.91. The maximum absolute atomic E-state index is 2.26. The van der Waals surface area contributed by atoms with Gasteiger partial charge in [0.25, 0.3) is 0 Å². The van der Waals surface area contributed by atoms with Gasteiger partial charge < -0.3 is 0 Å². The Labute approximate surface area is 87.8 Å². The van der Waals surface area contributed by atoms with E-state index in [-0.39, 0.29) is 0 Å². The van der Waals surface area contributed by atoms with Gasteiger partial charge in [0, 0.05) is 18.6 Å². The van der Waals surface area contributed by atoms with Gasteiger partial charge in [0.15, 0.2) is 12.4 Å². The molecule has 1 nitrogen and oxygen atoms in total. The Morgan fingerprint density at radius 2 is 1.71 bits per heavy atom. The Bertz CT molecular complexity index is 238. The van der Waals surface area contributed by atoms with Crippen LogP contribution in [0.4, 0.5) is 0 Å². The molecular weight excluding hydrogens is 170 g/mol. The van der Waals surface area contributed by atoms with Crippen LogP contribution >= 0.6 is 0 Å². The van der Waals surface area contributed by atoms with Crippen molar-refractivity contribution in [3.63, 3.8) is 0 Å². The monoisotopic (exact) mass is 192 g/mol. The molecule has 0 aromatic carbocycles. The zero-order valence-electron chi connectivity index (χ0n) is 9.50. The number of hydrogen-bond donors (Lipinski definition) is 0. The fraction of sp³-hybridized carbons (Fsp3) is 0.615. The maximum atomic E-state index is 2.26. The molecule has 0 atom stereocenters. The average Bonchev–Trinajstić information content (AvgIpc) is 2.21. The first-order valence-corrected chi connectivity index (χ1v) is 5.84. The quantitative estimate of drug-likeness (QED) is 0.481. The van der Waals surface area contributed by atoms with Crippen molar-refractivity contribution in [2.75, 3.05) is 0 Å². The first-order chi connectivity index (χ1) is 6.86. The molecule has 0 aliphatic rings. The van der Waals surface area contributed by atoms with Gasteiger partial charge in [-0.1, -0.05) is 26.7 Å². The summed E-state index contributed by atoms with van der Waals surface area (Å²) >= 11 is 0. The molecule has 1 heterocycles. The number of unbranched alkanes of at least 4 members (excludes halogenated alkanes) is 2. The van der Waals surface area contributed by atoms with Crippen LogP contribution in [0.2, 0.25) is 0 Å². The van der Waals surface area contributed by atoms with Crippen molar-refractivity contribution in [1.82, 2.24) is 0 Å². The van der Waals surface area contributed by atoms with E-state index in [0.29, 0.717) is 0 Å². The van der Waals surface area contributed by atoms with Gasteiger partial charge in [-0.05, 0) is 18.4 Å². The van der Waals surface area contributed by atoms with Crippen molar-refractivity contribution in [2.24, 2.45) is 0 Å². The summed E-state index contributed by atoms with van der Waals surface area (Å²) in [7, 11) is 0. The summed E-state index contributed by atoms with van der Waals surface area (Å²) in [6.45, 7) is 5.59. The molecule has 0 N–H and O–H groups in total. The fourth-order valence-corrected chi connectivity index (χ4v) is 1.64. The molecule has 0 spiro atoms. The Balaban J connectivity index is 2.38. The Hall–Kier alpha value is -0.850. The molecule has 1 aromatic rings. The number of rotatable bonds is 6. The lowest BCUT2D eigenvalue weighted by Gasteiger charge is -1.99. The molecule has 1 rings (SSSR count). The molecule has 14 heavy (non-hydrogen) atoms. The molecule has 0 unspecified atom stereocenters. The van der Waals surface area contributed by atoms with E-state index in [9.17, 15) is 0 Å². The van der Waals surface area contributed by atoms with Gasteiger partial charge in [-0.15, -0.1) is 0 Å². The van der Waals surface area contributed by atoms with Crippen molar-refractivity contribution in [3.05, 3.63) is 30.1 Å². The second kappa shape index (κ2) is 6.58. The normalized spacial score (nSPS) is 10.4.